The molecule has 10 rings (SSSR count). The monoisotopic (exact) mass is 669 g/mol. The SMILES string of the molecule is Cc1ccccc1N(c1ccc2cc3c(cc2c1)-c1cc2cc(-c4ccc(C(C)(C)C)cc4)ccc2cc1-3)c1c(C)ccc2c1oc1ccccc12. The van der Waals surface area contributed by atoms with Gasteiger partial charge in [0.2, 0.25) is 0 Å². The summed E-state index contributed by atoms with van der Waals surface area (Å²) in [5, 5.41) is 7.28. The van der Waals surface area contributed by atoms with Gasteiger partial charge in [0.05, 0.1) is 5.69 Å². The third-order valence-electron chi connectivity index (χ3n) is 11.2. The Bertz CT molecular complexity index is 2900. The normalized spacial score (nSPS) is 12.3. The summed E-state index contributed by atoms with van der Waals surface area (Å²) < 4.78 is 6.65. The molecule has 1 heterocycles. The van der Waals surface area contributed by atoms with E-state index in [9.17, 15) is 0 Å². The minimum Gasteiger partial charge on any atom is -0.454 e. The van der Waals surface area contributed by atoms with Crippen LogP contribution in [0.1, 0.15) is 37.5 Å². The first kappa shape index (κ1) is 30.7. The molecule has 0 fully saturated rings. The number of nitrogens with zero attached hydrogens (tertiary/aromatic N) is 1. The topological polar surface area (TPSA) is 16.4 Å². The maximum atomic E-state index is 6.65. The Morgan fingerprint density at radius 2 is 1.10 bits per heavy atom. The summed E-state index contributed by atoms with van der Waals surface area (Å²) in [6, 6.07) is 53.8. The molecule has 0 aliphatic heterocycles. The van der Waals surface area contributed by atoms with Crippen LogP contribution in [0.3, 0.4) is 0 Å². The quantitative estimate of drug-likeness (QED) is 0.185. The lowest BCUT2D eigenvalue weighted by molar-refractivity contribution is 0.590. The smallest absolute Gasteiger partial charge is 0.159 e. The van der Waals surface area contributed by atoms with Crippen LogP contribution in [0.15, 0.2) is 150 Å². The fourth-order valence-electron chi connectivity index (χ4n) is 8.25. The highest BCUT2D eigenvalue weighted by atomic mass is 16.3. The lowest BCUT2D eigenvalue weighted by Crippen LogP contribution is -2.13. The van der Waals surface area contributed by atoms with Crippen LogP contribution in [0.4, 0.5) is 17.1 Å². The second-order valence-electron chi connectivity index (χ2n) is 15.5. The van der Waals surface area contributed by atoms with Gasteiger partial charge in [0, 0.05) is 22.1 Å². The van der Waals surface area contributed by atoms with Gasteiger partial charge in [-0.05, 0) is 145 Å². The molecule has 0 amide bonds. The van der Waals surface area contributed by atoms with Gasteiger partial charge in [-0.1, -0.05) is 112 Å². The minimum absolute atomic E-state index is 0.142. The summed E-state index contributed by atoms with van der Waals surface area (Å²) in [7, 11) is 0. The third kappa shape index (κ3) is 4.71. The van der Waals surface area contributed by atoms with E-state index in [1.807, 2.05) is 6.07 Å². The number of fused-ring (bicyclic) bond motifs is 9. The highest BCUT2D eigenvalue weighted by molar-refractivity contribution is 6.14. The first-order chi connectivity index (χ1) is 25.2. The molecule has 1 aliphatic rings. The van der Waals surface area contributed by atoms with Crippen molar-refractivity contribution in [1.29, 1.82) is 0 Å². The van der Waals surface area contributed by atoms with Crippen LogP contribution in [0, 0.1) is 13.8 Å². The minimum atomic E-state index is 0.142. The van der Waals surface area contributed by atoms with Gasteiger partial charge < -0.3 is 9.32 Å². The highest BCUT2D eigenvalue weighted by Crippen LogP contribution is 2.52. The van der Waals surface area contributed by atoms with Crippen LogP contribution in [-0.2, 0) is 5.41 Å². The van der Waals surface area contributed by atoms with Crippen molar-refractivity contribution < 1.29 is 4.42 Å². The molecule has 0 unspecified atom stereocenters. The number of furan rings is 1. The van der Waals surface area contributed by atoms with Gasteiger partial charge in [0.15, 0.2) is 5.58 Å². The molecule has 52 heavy (non-hydrogen) atoms. The van der Waals surface area contributed by atoms with Crippen LogP contribution < -0.4 is 4.90 Å². The molecule has 250 valence electrons. The Kier molecular flexibility index (Phi) is 6.60. The molecule has 2 nitrogen and oxygen atoms in total. The van der Waals surface area contributed by atoms with Crippen molar-refractivity contribution in [2.45, 2.75) is 40.0 Å². The first-order valence-electron chi connectivity index (χ1n) is 18.3. The lowest BCUT2D eigenvalue weighted by atomic mass is 9.77. The summed E-state index contributed by atoms with van der Waals surface area (Å²) >= 11 is 0. The largest absolute Gasteiger partial charge is 0.454 e. The molecular formula is C50H39NO. The zero-order valence-corrected chi connectivity index (χ0v) is 30.2. The second kappa shape index (κ2) is 11.2. The van der Waals surface area contributed by atoms with Gasteiger partial charge >= 0.3 is 0 Å². The molecule has 0 bridgehead atoms. The number of hydrogen-bond donors (Lipinski definition) is 0. The zero-order valence-electron chi connectivity index (χ0n) is 30.2. The molecule has 2 heteroatoms. The fourth-order valence-corrected chi connectivity index (χ4v) is 8.25. The summed E-state index contributed by atoms with van der Waals surface area (Å²) in [6.07, 6.45) is 0. The van der Waals surface area contributed by atoms with Crippen LogP contribution in [-0.4, -0.2) is 0 Å². The molecular weight excluding hydrogens is 631 g/mol. The number of benzene rings is 8. The van der Waals surface area contributed by atoms with Gasteiger partial charge in [-0.2, -0.15) is 0 Å². The van der Waals surface area contributed by atoms with E-state index in [0.717, 1.165) is 44.6 Å². The number of para-hydroxylation sites is 2. The second-order valence-corrected chi connectivity index (χ2v) is 15.5. The van der Waals surface area contributed by atoms with Crippen LogP contribution in [0.25, 0.3) is 76.9 Å². The molecule has 1 aliphatic carbocycles. The predicted molar refractivity (Wildman–Crippen MR) is 221 cm³/mol. The van der Waals surface area contributed by atoms with Crippen molar-refractivity contribution in [3.05, 3.63) is 162 Å². The van der Waals surface area contributed by atoms with E-state index in [1.54, 1.807) is 0 Å². The molecule has 0 radical (unpaired) electrons. The number of anilines is 3. The van der Waals surface area contributed by atoms with E-state index in [2.05, 4.69) is 179 Å². The van der Waals surface area contributed by atoms with E-state index in [4.69, 9.17) is 4.42 Å². The molecule has 0 spiro atoms. The van der Waals surface area contributed by atoms with Crippen molar-refractivity contribution in [2.24, 2.45) is 0 Å². The standard InChI is InChI=1S/C50H39NO/c1-30-10-6-8-12-46(30)51(48-31(2)14-23-41-40-11-7-9-13-47(40)52-49(41)48)39-22-19-35-27-43-42-26-34-16-15-33(32-17-20-38(21-18-32)50(3,4)5)24-36(34)28-44(42)45(43)29-37(35)25-39/h6-29H,1-5H3. The summed E-state index contributed by atoms with van der Waals surface area (Å²) in [5.74, 6) is 0. The van der Waals surface area contributed by atoms with Crippen molar-refractivity contribution in [3.63, 3.8) is 0 Å². The van der Waals surface area contributed by atoms with Gasteiger partial charge in [0.1, 0.15) is 5.58 Å². The number of aryl methyl sites for hydroxylation is 2. The van der Waals surface area contributed by atoms with Crippen LogP contribution in [0.2, 0.25) is 0 Å². The summed E-state index contributed by atoms with van der Waals surface area (Å²) in [5.41, 5.74) is 16.8. The summed E-state index contributed by atoms with van der Waals surface area (Å²) in [4.78, 5) is 2.39. The van der Waals surface area contributed by atoms with Crippen LogP contribution >= 0.6 is 0 Å². The van der Waals surface area contributed by atoms with E-state index in [1.165, 1.54) is 66.1 Å². The Hall–Kier alpha value is -6.12. The molecule has 9 aromatic rings. The van der Waals surface area contributed by atoms with Gasteiger partial charge in [-0.3, -0.25) is 0 Å². The first-order valence-corrected chi connectivity index (χ1v) is 18.3. The molecule has 0 atom stereocenters. The molecule has 1 aromatic heterocycles. The molecule has 0 N–H and O–H groups in total. The zero-order chi connectivity index (χ0) is 35.3. The van der Waals surface area contributed by atoms with Gasteiger partial charge in [-0.25, -0.2) is 0 Å². The van der Waals surface area contributed by atoms with E-state index in [-0.39, 0.29) is 5.41 Å². The maximum absolute atomic E-state index is 6.65. The number of hydrogen-bond acceptors (Lipinski definition) is 2. The molecule has 8 aromatic carbocycles. The predicted octanol–water partition coefficient (Wildman–Crippen LogP) is 14.6. The summed E-state index contributed by atoms with van der Waals surface area (Å²) in [6.45, 7) is 11.2. The Labute approximate surface area is 304 Å². The number of rotatable bonds is 4. The van der Waals surface area contributed by atoms with Crippen LogP contribution in [0.5, 0.6) is 0 Å². The maximum Gasteiger partial charge on any atom is 0.159 e. The van der Waals surface area contributed by atoms with E-state index < -0.39 is 0 Å². The van der Waals surface area contributed by atoms with Crippen molar-refractivity contribution in [2.75, 3.05) is 4.90 Å². The van der Waals surface area contributed by atoms with Gasteiger partial charge in [0.25, 0.3) is 0 Å². The van der Waals surface area contributed by atoms with E-state index >= 15 is 0 Å². The third-order valence-corrected chi connectivity index (χ3v) is 11.2. The Morgan fingerprint density at radius 1 is 0.481 bits per heavy atom. The fraction of sp³-hybridized carbons (Fsp3) is 0.120. The average molecular weight is 670 g/mol. The van der Waals surface area contributed by atoms with Crippen molar-refractivity contribution >= 4 is 60.5 Å². The Morgan fingerprint density at radius 3 is 1.81 bits per heavy atom. The Balaban J connectivity index is 1.09. The lowest BCUT2D eigenvalue weighted by Gasteiger charge is -2.29. The van der Waals surface area contributed by atoms with Crippen molar-refractivity contribution in [1.82, 2.24) is 0 Å². The highest BCUT2D eigenvalue weighted by Gasteiger charge is 2.26. The average Bonchev–Trinajstić information content (AvgIpc) is 3.53. The van der Waals surface area contributed by atoms with E-state index in [0.29, 0.717) is 0 Å². The molecule has 0 saturated carbocycles. The van der Waals surface area contributed by atoms with Gasteiger partial charge in [-0.15, -0.1) is 0 Å². The van der Waals surface area contributed by atoms with Crippen molar-refractivity contribution in [3.8, 4) is 33.4 Å². The molecule has 0 saturated heterocycles.